The number of nitrogens with one attached hydrogen (secondary N) is 1. The van der Waals surface area contributed by atoms with Crippen LogP contribution in [0.25, 0.3) is 6.08 Å². The lowest BCUT2D eigenvalue weighted by Gasteiger charge is -2.28. The van der Waals surface area contributed by atoms with Gasteiger partial charge in [0, 0.05) is 5.70 Å². The van der Waals surface area contributed by atoms with Crippen molar-refractivity contribution in [2.45, 2.75) is 19.6 Å². The van der Waals surface area contributed by atoms with Crippen LogP contribution in [-0.2, 0) is 21.0 Å². The van der Waals surface area contributed by atoms with Crippen LogP contribution in [0.5, 0.6) is 5.75 Å². The quantitative estimate of drug-likeness (QED) is 0.0875. The first-order valence-corrected chi connectivity index (χ1v) is 18.3. The first-order valence-electron chi connectivity index (χ1n) is 15.7. The first-order chi connectivity index (χ1) is 24.7. The zero-order valence-corrected chi connectivity index (χ0v) is 31.4. The number of allylic oxidation sites excluding steroid dienone is 4. The number of carbonyl (C=O) groups is 3. The lowest BCUT2D eigenvalue weighted by atomic mass is 9.99. The minimum Gasteiger partial charge on any atom is -0.487 e. The van der Waals surface area contributed by atoms with Gasteiger partial charge in [0.05, 0.1) is 20.7 Å². The molecule has 1 heterocycles. The molecule has 0 aromatic heterocycles. The van der Waals surface area contributed by atoms with Crippen molar-refractivity contribution in [2.24, 2.45) is 4.99 Å². The maximum atomic E-state index is 14.1. The van der Waals surface area contributed by atoms with Crippen LogP contribution in [-0.4, -0.2) is 33.5 Å². The SMILES string of the molecule is C=C/C=C\C(=C/C)N1C(=O)/C(=C/c2cc(Br)c(OCc3ccc(F)cc3)c(Br)c2)C(=O)N=C1SCC(=O)NC(c1ccccc1)c1ccccc1. The van der Waals surface area contributed by atoms with E-state index in [1.807, 2.05) is 60.7 Å². The number of rotatable bonds is 12. The maximum absolute atomic E-state index is 14.1. The summed E-state index contributed by atoms with van der Waals surface area (Å²) in [5.41, 5.74) is 3.42. The van der Waals surface area contributed by atoms with Gasteiger partial charge in [0.15, 0.2) is 5.17 Å². The van der Waals surface area contributed by atoms with Gasteiger partial charge in [0.2, 0.25) is 5.91 Å². The van der Waals surface area contributed by atoms with E-state index in [9.17, 15) is 18.8 Å². The van der Waals surface area contributed by atoms with Gasteiger partial charge in [0.25, 0.3) is 11.8 Å². The molecular weight excluding hydrogens is 797 g/mol. The molecule has 0 fully saturated rings. The van der Waals surface area contributed by atoms with Gasteiger partial charge in [0.1, 0.15) is 23.7 Å². The van der Waals surface area contributed by atoms with Crippen molar-refractivity contribution in [3.63, 3.8) is 0 Å². The molecule has 0 radical (unpaired) electrons. The number of thioether (sulfide) groups is 1. The lowest BCUT2D eigenvalue weighted by molar-refractivity contribution is -0.126. The van der Waals surface area contributed by atoms with Crippen LogP contribution >= 0.6 is 43.6 Å². The topological polar surface area (TPSA) is 88.1 Å². The Bertz CT molecular complexity index is 1990. The molecule has 0 aliphatic carbocycles. The van der Waals surface area contributed by atoms with Crippen LogP contribution in [0.3, 0.4) is 0 Å². The summed E-state index contributed by atoms with van der Waals surface area (Å²) < 4.78 is 20.4. The summed E-state index contributed by atoms with van der Waals surface area (Å²) >= 11 is 8.04. The maximum Gasteiger partial charge on any atom is 0.285 e. The largest absolute Gasteiger partial charge is 0.487 e. The number of ether oxygens (including phenoxy) is 1. The third-order valence-electron chi connectivity index (χ3n) is 7.54. The molecule has 7 nitrogen and oxygen atoms in total. The second-order valence-electron chi connectivity index (χ2n) is 11.0. The standard InChI is InChI=1S/C40H32Br2FN3O4S/c1-3-5-16-31(4-2)46-39(49)32(21-27-22-33(41)37(34(42)23-27)50-24-26-17-19-30(43)20-18-26)38(48)45-40(46)51-25-35(47)44-36(28-12-8-6-9-13-28)29-14-10-7-11-15-29/h3-23,36H,1,24-25H2,2H3,(H,44,47)/b16-5-,31-4+,32-21+. The molecule has 1 N–H and O–H groups in total. The summed E-state index contributed by atoms with van der Waals surface area (Å²) in [4.78, 5) is 46.6. The number of halogens is 3. The highest BCUT2D eigenvalue weighted by Crippen LogP contribution is 2.37. The predicted octanol–water partition coefficient (Wildman–Crippen LogP) is 9.32. The van der Waals surface area contributed by atoms with E-state index < -0.39 is 17.9 Å². The number of nitrogens with zero attached hydrogens (tertiary/aromatic N) is 2. The molecule has 258 valence electrons. The highest BCUT2D eigenvalue weighted by molar-refractivity contribution is 9.11. The van der Waals surface area contributed by atoms with Gasteiger partial charge in [-0.2, -0.15) is 4.99 Å². The molecule has 5 rings (SSSR count). The van der Waals surface area contributed by atoms with Gasteiger partial charge < -0.3 is 10.1 Å². The van der Waals surface area contributed by atoms with E-state index in [1.54, 1.807) is 55.5 Å². The molecule has 0 bridgehead atoms. The van der Waals surface area contributed by atoms with E-state index in [4.69, 9.17) is 4.74 Å². The first kappa shape index (κ1) is 37.4. The number of benzene rings is 4. The summed E-state index contributed by atoms with van der Waals surface area (Å²) in [7, 11) is 0. The van der Waals surface area contributed by atoms with E-state index >= 15 is 0 Å². The molecule has 1 aliphatic heterocycles. The molecule has 4 aromatic rings. The fourth-order valence-corrected chi connectivity index (χ4v) is 7.36. The van der Waals surface area contributed by atoms with Crippen molar-refractivity contribution in [2.75, 3.05) is 5.75 Å². The van der Waals surface area contributed by atoms with Crippen LogP contribution in [0.15, 0.2) is 153 Å². The summed E-state index contributed by atoms with van der Waals surface area (Å²) in [5.74, 6) is -1.59. The van der Waals surface area contributed by atoms with Crippen molar-refractivity contribution < 1.29 is 23.5 Å². The normalized spacial score (nSPS) is 14.3. The van der Waals surface area contributed by atoms with Crippen LogP contribution < -0.4 is 10.1 Å². The van der Waals surface area contributed by atoms with Gasteiger partial charge in [-0.15, -0.1) is 0 Å². The van der Waals surface area contributed by atoms with Crippen molar-refractivity contribution in [1.82, 2.24) is 10.2 Å². The van der Waals surface area contributed by atoms with E-state index in [-0.39, 0.29) is 34.8 Å². The average Bonchev–Trinajstić information content (AvgIpc) is 3.13. The van der Waals surface area contributed by atoms with Crippen molar-refractivity contribution in [3.05, 3.63) is 176 Å². The van der Waals surface area contributed by atoms with Crippen molar-refractivity contribution in [1.29, 1.82) is 0 Å². The van der Waals surface area contributed by atoms with E-state index in [0.717, 1.165) is 28.5 Å². The number of hydrogen-bond donors (Lipinski definition) is 1. The van der Waals surface area contributed by atoms with E-state index in [0.29, 0.717) is 26.0 Å². The molecule has 3 amide bonds. The number of amidine groups is 1. The highest BCUT2D eigenvalue weighted by atomic mass is 79.9. The molecule has 0 atom stereocenters. The van der Waals surface area contributed by atoms with Crippen LogP contribution in [0.2, 0.25) is 0 Å². The number of carbonyl (C=O) groups excluding carboxylic acids is 3. The fraction of sp³-hybridized carbons (Fsp3) is 0.100. The van der Waals surface area contributed by atoms with E-state index in [1.165, 1.54) is 23.1 Å². The zero-order chi connectivity index (χ0) is 36.3. The number of amides is 3. The Labute approximate surface area is 317 Å². The molecule has 1 aliphatic rings. The summed E-state index contributed by atoms with van der Waals surface area (Å²) in [6, 6.07) is 28.3. The molecule has 11 heteroatoms. The van der Waals surface area contributed by atoms with Crippen LogP contribution in [0.4, 0.5) is 4.39 Å². The van der Waals surface area contributed by atoms with Gasteiger partial charge >= 0.3 is 0 Å². The third kappa shape index (κ3) is 9.69. The lowest BCUT2D eigenvalue weighted by Crippen LogP contribution is -2.42. The minimum absolute atomic E-state index is 0.0713. The molecule has 51 heavy (non-hydrogen) atoms. The Morgan fingerprint density at radius 3 is 2.16 bits per heavy atom. The summed E-state index contributed by atoms with van der Waals surface area (Å²) in [5, 5.41) is 3.16. The monoisotopic (exact) mass is 827 g/mol. The molecule has 0 spiro atoms. The Kier molecular flexibility index (Phi) is 13.1. The van der Waals surface area contributed by atoms with Crippen molar-refractivity contribution in [3.8, 4) is 5.75 Å². The van der Waals surface area contributed by atoms with Gasteiger partial charge in [-0.05, 0) is 97.5 Å². The van der Waals surface area contributed by atoms with E-state index in [2.05, 4.69) is 48.7 Å². The number of aliphatic imine (C=N–C) groups is 1. The number of hydrogen-bond acceptors (Lipinski definition) is 5. The third-order valence-corrected chi connectivity index (χ3v) is 9.66. The zero-order valence-electron chi connectivity index (χ0n) is 27.4. The molecule has 0 saturated heterocycles. The van der Waals surface area contributed by atoms with Gasteiger partial charge in [-0.1, -0.05) is 109 Å². The Morgan fingerprint density at radius 1 is 0.980 bits per heavy atom. The van der Waals surface area contributed by atoms with Crippen LogP contribution in [0, 0.1) is 5.82 Å². The molecule has 0 unspecified atom stereocenters. The fourth-order valence-electron chi connectivity index (χ4n) is 5.10. The smallest absolute Gasteiger partial charge is 0.285 e. The second kappa shape index (κ2) is 17.9. The average molecular weight is 830 g/mol. The van der Waals surface area contributed by atoms with Gasteiger partial charge in [-0.25, -0.2) is 4.39 Å². The van der Waals surface area contributed by atoms with Crippen molar-refractivity contribution >= 4 is 72.6 Å². The molecule has 4 aromatic carbocycles. The Hall–Kier alpha value is -4.84. The Balaban J connectivity index is 1.39. The summed E-state index contributed by atoms with van der Waals surface area (Å²) in [6.07, 6.45) is 8.09. The second-order valence-corrected chi connectivity index (χ2v) is 13.7. The minimum atomic E-state index is -0.738. The molecular formula is C40H32Br2FN3O4S. The van der Waals surface area contributed by atoms with Gasteiger partial charge in [-0.3, -0.25) is 19.3 Å². The summed E-state index contributed by atoms with van der Waals surface area (Å²) in [6.45, 7) is 5.67. The molecule has 0 saturated carbocycles. The highest BCUT2D eigenvalue weighted by Gasteiger charge is 2.35. The Morgan fingerprint density at radius 2 is 1.59 bits per heavy atom. The predicted molar refractivity (Wildman–Crippen MR) is 208 cm³/mol. The van der Waals surface area contributed by atoms with Crippen LogP contribution in [0.1, 0.15) is 35.2 Å².